The van der Waals surface area contributed by atoms with Crippen molar-refractivity contribution in [3.63, 3.8) is 0 Å². The first-order valence-electron chi connectivity index (χ1n) is 9.84. The van der Waals surface area contributed by atoms with Crippen LogP contribution < -0.4 is 0 Å². The molecule has 0 spiro atoms. The van der Waals surface area contributed by atoms with Gasteiger partial charge in [0.1, 0.15) is 0 Å². The number of hydrogen-bond donors (Lipinski definition) is 0. The van der Waals surface area contributed by atoms with Crippen molar-refractivity contribution in [3.05, 3.63) is 65.4 Å². The van der Waals surface area contributed by atoms with Crippen molar-refractivity contribution in [2.24, 2.45) is 4.99 Å². The van der Waals surface area contributed by atoms with Gasteiger partial charge in [-0.15, -0.1) is 0 Å². The Balaban J connectivity index is 1.37. The van der Waals surface area contributed by atoms with Crippen molar-refractivity contribution < 1.29 is 4.79 Å². The second-order valence-corrected chi connectivity index (χ2v) is 7.73. The van der Waals surface area contributed by atoms with Crippen molar-refractivity contribution in [2.45, 2.75) is 44.2 Å². The number of pyridine rings is 1. The first-order valence-corrected chi connectivity index (χ1v) is 9.84. The van der Waals surface area contributed by atoms with E-state index in [2.05, 4.69) is 14.9 Å². The van der Waals surface area contributed by atoms with Crippen LogP contribution in [0.25, 0.3) is 11.3 Å². The van der Waals surface area contributed by atoms with E-state index in [0.717, 1.165) is 55.5 Å². The fourth-order valence-corrected chi connectivity index (χ4v) is 4.28. The summed E-state index contributed by atoms with van der Waals surface area (Å²) < 4.78 is 0. The largest absolute Gasteiger partial charge is 0.332 e. The zero-order valence-electron chi connectivity index (χ0n) is 15.3. The Labute approximate surface area is 159 Å². The van der Waals surface area contributed by atoms with Gasteiger partial charge in [0.2, 0.25) is 0 Å². The van der Waals surface area contributed by atoms with E-state index >= 15 is 0 Å². The first-order chi connectivity index (χ1) is 13.3. The number of carbonyl (C=O) groups is 1. The van der Waals surface area contributed by atoms with Gasteiger partial charge in [-0.2, -0.15) is 0 Å². The molecule has 1 amide bonds. The molecule has 1 aromatic carbocycles. The quantitative estimate of drug-likeness (QED) is 0.819. The number of aliphatic imine (C=N–C) groups is 1. The van der Waals surface area contributed by atoms with Gasteiger partial charge < -0.3 is 4.90 Å². The Morgan fingerprint density at radius 2 is 1.85 bits per heavy atom. The summed E-state index contributed by atoms with van der Waals surface area (Å²) in [5.41, 5.74) is 5.60. The predicted molar refractivity (Wildman–Crippen MR) is 107 cm³/mol. The summed E-state index contributed by atoms with van der Waals surface area (Å²) in [5.74, 6) is 0.175. The van der Waals surface area contributed by atoms with Gasteiger partial charge in [-0.1, -0.05) is 18.2 Å². The second-order valence-electron chi connectivity index (χ2n) is 7.73. The van der Waals surface area contributed by atoms with E-state index in [1.165, 1.54) is 11.1 Å². The molecule has 2 heterocycles. The molecule has 2 aromatic rings. The highest BCUT2D eigenvalue weighted by Crippen LogP contribution is 2.37. The SMILES string of the molecule is O=C(c1ccc(-c2ccccn2)cc1)N(C1CC1)C1CCC2=C(C=NC2)C1. The van der Waals surface area contributed by atoms with Gasteiger partial charge >= 0.3 is 0 Å². The molecule has 2 aliphatic carbocycles. The fourth-order valence-electron chi connectivity index (χ4n) is 4.28. The van der Waals surface area contributed by atoms with Gasteiger partial charge in [-0.25, -0.2) is 0 Å². The van der Waals surface area contributed by atoms with E-state index in [-0.39, 0.29) is 5.91 Å². The average Bonchev–Trinajstić information content (AvgIpc) is 3.44. The zero-order valence-corrected chi connectivity index (χ0v) is 15.3. The van der Waals surface area contributed by atoms with Crippen LogP contribution in [0.2, 0.25) is 0 Å². The minimum atomic E-state index is 0.175. The number of hydrogen-bond acceptors (Lipinski definition) is 3. The summed E-state index contributed by atoms with van der Waals surface area (Å²) in [5, 5.41) is 0. The van der Waals surface area contributed by atoms with Gasteiger partial charge in [-0.05, 0) is 67.5 Å². The van der Waals surface area contributed by atoms with Gasteiger partial charge in [0.05, 0.1) is 12.2 Å². The molecule has 1 unspecified atom stereocenters. The molecule has 0 bridgehead atoms. The Morgan fingerprint density at radius 1 is 1.00 bits per heavy atom. The topological polar surface area (TPSA) is 45.6 Å². The van der Waals surface area contributed by atoms with Gasteiger partial charge in [0.15, 0.2) is 0 Å². The van der Waals surface area contributed by atoms with E-state index in [1.807, 2.05) is 48.7 Å². The van der Waals surface area contributed by atoms with E-state index in [4.69, 9.17) is 0 Å². The monoisotopic (exact) mass is 357 g/mol. The van der Waals surface area contributed by atoms with Crippen LogP contribution in [0, 0.1) is 0 Å². The second kappa shape index (κ2) is 6.76. The fraction of sp³-hybridized carbons (Fsp3) is 0.348. The van der Waals surface area contributed by atoms with Crippen LogP contribution in [0.1, 0.15) is 42.5 Å². The number of benzene rings is 1. The molecular weight excluding hydrogens is 334 g/mol. The Kier molecular flexibility index (Phi) is 4.12. The number of aromatic nitrogens is 1. The van der Waals surface area contributed by atoms with E-state index in [1.54, 1.807) is 6.20 Å². The lowest BCUT2D eigenvalue weighted by Crippen LogP contribution is -2.43. The minimum Gasteiger partial charge on any atom is -0.332 e. The minimum absolute atomic E-state index is 0.175. The molecule has 1 aromatic heterocycles. The van der Waals surface area contributed by atoms with E-state index in [9.17, 15) is 4.79 Å². The lowest BCUT2D eigenvalue weighted by Gasteiger charge is -2.35. The van der Waals surface area contributed by atoms with Crippen molar-refractivity contribution in [1.82, 2.24) is 9.88 Å². The van der Waals surface area contributed by atoms with Crippen LogP contribution in [-0.4, -0.2) is 40.6 Å². The maximum Gasteiger partial charge on any atom is 0.254 e. The summed E-state index contributed by atoms with van der Waals surface area (Å²) in [4.78, 5) is 24.3. The number of amides is 1. The van der Waals surface area contributed by atoms with Gasteiger partial charge in [0.25, 0.3) is 5.91 Å². The molecule has 1 aliphatic heterocycles. The average molecular weight is 357 g/mol. The van der Waals surface area contributed by atoms with Crippen LogP contribution in [0.15, 0.2) is 64.8 Å². The molecule has 27 heavy (non-hydrogen) atoms. The molecule has 0 radical (unpaired) electrons. The highest BCUT2D eigenvalue weighted by atomic mass is 16.2. The maximum absolute atomic E-state index is 13.3. The summed E-state index contributed by atoms with van der Waals surface area (Å²) in [6.07, 6.45) is 9.20. The number of carbonyl (C=O) groups excluding carboxylic acids is 1. The predicted octanol–water partition coefficient (Wildman–Crippen LogP) is 4.29. The first kappa shape index (κ1) is 16.4. The summed E-state index contributed by atoms with van der Waals surface area (Å²) in [6.45, 7) is 0.869. The number of rotatable bonds is 4. The van der Waals surface area contributed by atoms with E-state index < -0.39 is 0 Å². The molecule has 136 valence electrons. The normalized spacial score (nSPS) is 21.3. The van der Waals surface area contributed by atoms with Crippen LogP contribution in [0.4, 0.5) is 0 Å². The van der Waals surface area contributed by atoms with Crippen molar-refractivity contribution in [3.8, 4) is 11.3 Å². The van der Waals surface area contributed by atoms with Crippen LogP contribution >= 0.6 is 0 Å². The molecular formula is C23H23N3O. The third-order valence-electron chi connectivity index (χ3n) is 5.88. The summed E-state index contributed by atoms with van der Waals surface area (Å²) in [7, 11) is 0. The highest BCUT2D eigenvalue weighted by molar-refractivity contribution is 5.95. The molecule has 0 N–H and O–H groups in total. The summed E-state index contributed by atoms with van der Waals surface area (Å²) in [6, 6.07) is 14.5. The smallest absolute Gasteiger partial charge is 0.254 e. The number of nitrogens with zero attached hydrogens (tertiary/aromatic N) is 3. The highest BCUT2D eigenvalue weighted by Gasteiger charge is 2.39. The maximum atomic E-state index is 13.3. The lowest BCUT2D eigenvalue weighted by molar-refractivity contribution is 0.0645. The van der Waals surface area contributed by atoms with Crippen LogP contribution in [0.3, 0.4) is 0 Å². The molecule has 3 aliphatic rings. The Hall–Kier alpha value is -2.75. The third-order valence-corrected chi connectivity index (χ3v) is 5.88. The van der Waals surface area contributed by atoms with Crippen molar-refractivity contribution in [1.29, 1.82) is 0 Å². The standard InChI is InChI=1S/C23H23N3O/c27-23(17-6-4-16(5-7-17)22-3-1-2-12-25-22)26(20-10-11-20)21-9-8-18-14-24-15-19(18)13-21/h1-7,12,15,20-21H,8-11,13-14H2. The zero-order chi connectivity index (χ0) is 18.2. The van der Waals surface area contributed by atoms with Gasteiger partial charge in [0, 0.05) is 35.6 Å². The Bertz CT molecular complexity index is 910. The molecule has 5 rings (SSSR count). The van der Waals surface area contributed by atoms with Gasteiger partial charge in [-0.3, -0.25) is 14.8 Å². The third kappa shape index (κ3) is 3.20. The van der Waals surface area contributed by atoms with Crippen molar-refractivity contribution >= 4 is 12.1 Å². The van der Waals surface area contributed by atoms with Crippen LogP contribution in [-0.2, 0) is 0 Å². The van der Waals surface area contributed by atoms with Crippen LogP contribution in [0.5, 0.6) is 0 Å². The van der Waals surface area contributed by atoms with Crippen molar-refractivity contribution in [2.75, 3.05) is 6.54 Å². The molecule has 1 saturated carbocycles. The molecule has 0 saturated heterocycles. The van der Waals surface area contributed by atoms with E-state index in [0.29, 0.717) is 12.1 Å². The lowest BCUT2D eigenvalue weighted by atomic mass is 9.88. The Morgan fingerprint density at radius 3 is 2.59 bits per heavy atom. The molecule has 1 fully saturated rings. The molecule has 4 heteroatoms. The molecule has 4 nitrogen and oxygen atoms in total. The molecule has 1 atom stereocenters. The summed E-state index contributed by atoms with van der Waals surface area (Å²) >= 11 is 0.